The van der Waals surface area contributed by atoms with Gasteiger partial charge in [-0.15, -0.1) is 0 Å². The monoisotopic (exact) mass is 391 g/mol. The van der Waals surface area contributed by atoms with Crippen LogP contribution in [0.4, 0.5) is 5.69 Å². The van der Waals surface area contributed by atoms with Gasteiger partial charge in [0.05, 0.1) is 7.11 Å². The van der Waals surface area contributed by atoms with Crippen molar-refractivity contribution < 1.29 is 28.6 Å². The Balaban J connectivity index is 1.87. The predicted molar refractivity (Wildman–Crippen MR) is 99.5 cm³/mol. The molecule has 0 aliphatic heterocycles. The van der Waals surface area contributed by atoms with E-state index in [9.17, 15) is 14.4 Å². The third-order valence-corrected chi connectivity index (χ3v) is 3.67. The molecule has 0 fully saturated rings. The first-order valence-electron chi connectivity index (χ1n) is 7.95. The second-order valence-corrected chi connectivity index (χ2v) is 5.88. The predicted octanol–water partition coefficient (Wildman–Crippen LogP) is 3.11. The van der Waals surface area contributed by atoms with E-state index in [2.05, 4.69) is 5.32 Å². The van der Waals surface area contributed by atoms with Gasteiger partial charge in [-0.3, -0.25) is 9.59 Å². The molecule has 142 valence electrons. The lowest BCUT2D eigenvalue weighted by molar-refractivity contribution is -0.155. The highest BCUT2D eigenvalue weighted by Gasteiger charge is 2.19. The van der Waals surface area contributed by atoms with E-state index in [1.807, 2.05) is 0 Å². The van der Waals surface area contributed by atoms with Crippen molar-refractivity contribution in [2.45, 2.75) is 13.0 Å². The van der Waals surface area contributed by atoms with Crippen molar-refractivity contribution >= 4 is 35.5 Å². The smallest absolute Gasteiger partial charge is 0.344 e. The Labute approximate surface area is 161 Å². The maximum atomic E-state index is 12.1. The quantitative estimate of drug-likeness (QED) is 0.549. The number of anilines is 1. The topological polar surface area (TPSA) is 90.9 Å². The lowest BCUT2D eigenvalue weighted by Gasteiger charge is -2.15. The molecule has 1 atom stereocenters. The molecule has 2 aromatic carbocycles. The Bertz CT molecular complexity index is 839. The van der Waals surface area contributed by atoms with Crippen LogP contribution in [0.25, 0.3) is 0 Å². The Morgan fingerprint density at radius 3 is 2.63 bits per heavy atom. The van der Waals surface area contributed by atoms with Crippen LogP contribution in [0.2, 0.25) is 5.02 Å². The van der Waals surface area contributed by atoms with Crippen LogP contribution in [-0.2, 0) is 14.3 Å². The molecule has 0 saturated carbocycles. The summed E-state index contributed by atoms with van der Waals surface area (Å²) in [5.74, 6) is -0.654. The first-order valence-corrected chi connectivity index (χ1v) is 8.32. The van der Waals surface area contributed by atoms with Crippen LogP contribution in [0, 0.1) is 0 Å². The third-order valence-electron chi connectivity index (χ3n) is 3.44. The number of halogens is 1. The molecule has 0 aliphatic carbocycles. The molecule has 0 spiro atoms. The second-order valence-electron chi connectivity index (χ2n) is 5.45. The van der Waals surface area contributed by atoms with Gasteiger partial charge >= 0.3 is 5.97 Å². The number of aldehydes is 1. The van der Waals surface area contributed by atoms with E-state index in [1.54, 1.807) is 24.3 Å². The molecule has 2 aromatic rings. The van der Waals surface area contributed by atoms with Gasteiger partial charge in [0.2, 0.25) is 0 Å². The van der Waals surface area contributed by atoms with Crippen LogP contribution >= 0.6 is 11.6 Å². The molecule has 0 aromatic heterocycles. The maximum Gasteiger partial charge on any atom is 0.344 e. The van der Waals surface area contributed by atoms with Crippen LogP contribution in [0.3, 0.4) is 0 Å². The number of carbonyl (C=O) groups excluding carboxylic acids is 3. The lowest BCUT2D eigenvalue weighted by Crippen LogP contribution is -2.31. The molecule has 0 heterocycles. The van der Waals surface area contributed by atoms with Gasteiger partial charge in [-0.1, -0.05) is 17.7 Å². The summed E-state index contributed by atoms with van der Waals surface area (Å²) in [7, 11) is 1.41. The van der Waals surface area contributed by atoms with Gasteiger partial charge in [-0.05, 0) is 43.3 Å². The molecule has 0 bridgehead atoms. The summed E-state index contributed by atoms with van der Waals surface area (Å²) in [6.07, 6.45) is -0.361. The maximum absolute atomic E-state index is 12.1. The van der Waals surface area contributed by atoms with Gasteiger partial charge in [-0.25, -0.2) is 4.79 Å². The number of rotatable bonds is 8. The number of esters is 1. The highest BCUT2D eigenvalue weighted by molar-refractivity contribution is 6.30. The number of ether oxygens (including phenoxy) is 3. The van der Waals surface area contributed by atoms with Crippen LogP contribution in [0.1, 0.15) is 17.3 Å². The van der Waals surface area contributed by atoms with Gasteiger partial charge in [0, 0.05) is 16.3 Å². The molecular weight excluding hydrogens is 374 g/mol. The standard InChI is InChI=1S/C19H18ClNO6/c1-12(19(24)21-15-5-3-4-14(20)9-15)27-18(23)11-26-16-7-6-13(10-22)8-17(16)25-2/h3-10,12H,11H2,1-2H3,(H,21,24)/t12-/m1/s1. The van der Waals surface area contributed by atoms with Gasteiger partial charge in [0.25, 0.3) is 5.91 Å². The fraction of sp³-hybridized carbons (Fsp3) is 0.211. The molecular formula is C19H18ClNO6. The van der Waals surface area contributed by atoms with Gasteiger partial charge < -0.3 is 19.5 Å². The second kappa shape index (κ2) is 9.59. The van der Waals surface area contributed by atoms with Gasteiger partial charge in [0.15, 0.2) is 24.2 Å². The first-order chi connectivity index (χ1) is 12.9. The highest BCUT2D eigenvalue weighted by Crippen LogP contribution is 2.27. The van der Waals surface area contributed by atoms with E-state index in [1.165, 1.54) is 32.2 Å². The fourth-order valence-corrected chi connectivity index (χ4v) is 2.30. The van der Waals surface area contributed by atoms with E-state index >= 15 is 0 Å². The largest absolute Gasteiger partial charge is 0.493 e. The third kappa shape index (κ3) is 6.00. The Morgan fingerprint density at radius 2 is 1.96 bits per heavy atom. The normalized spacial score (nSPS) is 11.2. The molecule has 8 heteroatoms. The Kier molecular flexibility index (Phi) is 7.19. The summed E-state index contributed by atoms with van der Waals surface area (Å²) in [4.78, 5) is 34.8. The minimum absolute atomic E-state index is 0.274. The summed E-state index contributed by atoms with van der Waals surface area (Å²) in [5.41, 5.74) is 0.903. The number of methoxy groups -OCH3 is 1. The SMILES string of the molecule is COc1cc(C=O)ccc1OCC(=O)O[C@H](C)C(=O)Nc1cccc(Cl)c1. The zero-order valence-corrected chi connectivity index (χ0v) is 15.5. The molecule has 1 N–H and O–H groups in total. The number of amides is 1. The van der Waals surface area contributed by atoms with Crippen molar-refractivity contribution in [1.29, 1.82) is 0 Å². The van der Waals surface area contributed by atoms with Crippen molar-refractivity contribution in [3.05, 3.63) is 53.1 Å². The zero-order chi connectivity index (χ0) is 19.8. The van der Waals surface area contributed by atoms with Crippen LogP contribution in [0.15, 0.2) is 42.5 Å². The van der Waals surface area contributed by atoms with E-state index in [4.69, 9.17) is 25.8 Å². The van der Waals surface area contributed by atoms with Crippen LogP contribution in [-0.4, -0.2) is 38.0 Å². The van der Waals surface area contributed by atoms with Crippen molar-refractivity contribution in [3.63, 3.8) is 0 Å². The molecule has 0 saturated heterocycles. The Hall–Kier alpha value is -3.06. The summed E-state index contributed by atoms with van der Waals surface area (Å²) in [5, 5.41) is 3.07. The number of hydrogen-bond donors (Lipinski definition) is 1. The molecule has 27 heavy (non-hydrogen) atoms. The zero-order valence-electron chi connectivity index (χ0n) is 14.7. The average molecular weight is 392 g/mol. The van der Waals surface area contributed by atoms with Crippen molar-refractivity contribution in [3.8, 4) is 11.5 Å². The number of benzene rings is 2. The number of nitrogens with one attached hydrogen (secondary N) is 1. The molecule has 0 unspecified atom stereocenters. The lowest BCUT2D eigenvalue weighted by atomic mass is 10.2. The van der Waals surface area contributed by atoms with E-state index < -0.39 is 24.6 Å². The van der Waals surface area contributed by atoms with Crippen molar-refractivity contribution in [2.24, 2.45) is 0 Å². The Morgan fingerprint density at radius 1 is 1.19 bits per heavy atom. The number of carbonyl (C=O) groups is 3. The van der Waals surface area contributed by atoms with Crippen LogP contribution in [0.5, 0.6) is 11.5 Å². The minimum atomic E-state index is -1.03. The molecule has 0 aliphatic rings. The van der Waals surface area contributed by atoms with Gasteiger partial charge in [0.1, 0.15) is 6.29 Å². The summed E-state index contributed by atoms with van der Waals surface area (Å²) in [6, 6.07) is 11.1. The van der Waals surface area contributed by atoms with E-state index in [0.29, 0.717) is 28.3 Å². The first kappa shape index (κ1) is 20.3. The summed E-state index contributed by atoms with van der Waals surface area (Å²) < 4.78 is 15.5. The average Bonchev–Trinajstić information content (AvgIpc) is 2.66. The fourth-order valence-electron chi connectivity index (χ4n) is 2.11. The molecule has 7 nitrogen and oxygen atoms in total. The van der Waals surface area contributed by atoms with Crippen molar-refractivity contribution in [1.82, 2.24) is 0 Å². The molecule has 2 rings (SSSR count). The highest BCUT2D eigenvalue weighted by atomic mass is 35.5. The minimum Gasteiger partial charge on any atom is -0.493 e. The van der Waals surface area contributed by atoms with E-state index in [0.717, 1.165) is 0 Å². The number of hydrogen-bond acceptors (Lipinski definition) is 6. The molecule has 1 amide bonds. The van der Waals surface area contributed by atoms with E-state index in [-0.39, 0.29) is 5.75 Å². The van der Waals surface area contributed by atoms with Crippen molar-refractivity contribution in [2.75, 3.05) is 19.0 Å². The summed E-state index contributed by atoms with van der Waals surface area (Å²) in [6.45, 7) is 1.02. The molecule has 0 radical (unpaired) electrons. The summed E-state index contributed by atoms with van der Waals surface area (Å²) >= 11 is 5.85. The van der Waals surface area contributed by atoms with Gasteiger partial charge in [-0.2, -0.15) is 0 Å². The van der Waals surface area contributed by atoms with Crippen LogP contribution < -0.4 is 14.8 Å².